The van der Waals surface area contributed by atoms with Gasteiger partial charge in [-0.2, -0.15) is 0 Å². The van der Waals surface area contributed by atoms with Crippen molar-refractivity contribution >= 4 is 34.3 Å². The number of benzene rings is 4. The molecule has 0 unspecified atom stereocenters. The molecular formula is C25H15Cl2NO3. The molecule has 31 heavy (non-hydrogen) atoms. The maximum Gasteiger partial charge on any atom is 0.231 e. The Hall–Kier alpha value is -3.47. The summed E-state index contributed by atoms with van der Waals surface area (Å²) in [5, 5.41) is 1.21. The summed E-state index contributed by atoms with van der Waals surface area (Å²) in [6.45, 7) is 0. The molecule has 1 heterocycles. The van der Waals surface area contributed by atoms with Gasteiger partial charge in [0.1, 0.15) is 28.5 Å². The first-order valence-corrected chi connectivity index (χ1v) is 10.3. The highest BCUT2D eigenvalue weighted by atomic mass is 35.5. The van der Waals surface area contributed by atoms with Crippen molar-refractivity contribution in [1.29, 1.82) is 0 Å². The number of fused-ring (bicyclic) bond motifs is 1. The normalized spacial score (nSPS) is 10.9. The molecule has 0 spiro atoms. The van der Waals surface area contributed by atoms with Crippen LogP contribution in [-0.2, 0) is 0 Å². The zero-order valence-electron chi connectivity index (χ0n) is 16.1. The van der Waals surface area contributed by atoms with Crippen LogP contribution in [-0.4, -0.2) is 4.98 Å². The van der Waals surface area contributed by atoms with Crippen molar-refractivity contribution < 1.29 is 13.9 Å². The average Bonchev–Trinajstić information content (AvgIpc) is 3.19. The van der Waals surface area contributed by atoms with Gasteiger partial charge in [-0.05, 0) is 60.7 Å². The van der Waals surface area contributed by atoms with E-state index in [-0.39, 0.29) is 0 Å². The lowest BCUT2D eigenvalue weighted by Gasteiger charge is -2.09. The number of rotatable bonds is 5. The molecule has 0 aliphatic heterocycles. The second-order valence-electron chi connectivity index (χ2n) is 6.76. The predicted octanol–water partition coefficient (Wildman–Crippen LogP) is 8.39. The standard InChI is InChI=1S/C25H15Cl2NO3/c26-16-6-9-19(10-7-16)29-20-11-13-23-22(15-20)28-25(31-23)21-12-8-17(27)14-24(21)30-18-4-2-1-3-5-18/h1-15H. The number of aromatic nitrogens is 1. The summed E-state index contributed by atoms with van der Waals surface area (Å²) < 4.78 is 17.9. The molecule has 0 bridgehead atoms. The molecule has 0 amide bonds. The molecule has 0 atom stereocenters. The lowest BCUT2D eigenvalue weighted by molar-refractivity contribution is 0.481. The van der Waals surface area contributed by atoms with Gasteiger partial charge in [-0.15, -0.1) is 0 Å². The van der Waals surface area contributed by atoms with Crippen molar-refractivity contribution in [3.05, 3.63) is 101 Å². The van der Waals surface area contributed by atoms with Crippen LogP contribution in [0.4, 0.5) is 0 Å². The van der Waals surface area contributed by atoms with Gasteiger partial charge >= 0.3 is 0 Å². The van der Waals surface area contributed by atoms with Crippen LogP contribution < -0.4 is 9.47 Å². The third-order valence-electron chi connectivity index (χ3n) is 4.55. The largest absolute Gasteiger partial charge is 0.457 e. The van der Waals surface area contributed by atoms with Gasteiger partial charge in [0.2, 0.25) is 5.89 Å². The van der Waals surface area contributed by atoms with Gasteiger partial charge in [-0.3, -0.25) is 0 Å². The molecule has 0 radical (unpaired) electrons. The van der Waals surface area contributed by atoms with Crippen LogP contribution in [0.3, 0.4) is 0 Å². The smallest absolute Gasteiger partial charge is 0.231 e. The van der Waals surface area contributed by atoms with E-state index in [0.717, 1.165) is 0 Å². The van der Waals surface area contributed by atoms with Crippen LogP contribution in [0.1, 0.15) is 0 Å². The Morgan fingerprint density at radius 2 is 1.35 bits per heavy atom. The molecule has 152 valence electrons. The lowest BCUT2D eigenvalue weighted by atomic mass is 10.2. The van der Waals surface area contributed by atoms with Gasteiger partial charge in [0, 0.05) is 22.2 Å². The van der Waals surface area contributed by atoms with E-state index in [1.165, 1.54) is 0 Å². The maximum absolute atomic E-state index is 6.20. The molecule has 4 nitrogen and oxygen atoms in total. The van der Waals surface area contributed by atoms with E-state index in [9.17, 15) is 0 Å². The summed E-state index contributed by atoms with van der Waals surface area (Å²) in [5.74, 6) is 3.01. The van der Waals surface area contributed by atoms with Crippen molar-refractivity contribution in [1.82, 2.24) is 4.98 Å². The summed E-state index contributed by atoms with van der Waals surface area (Å²) in [6.07, 6.45) is 0. The van der Waals surface area contributed by atoms with Crippen LogP contribution in [0, 0.1) is 0 Å². The zero-order chi connectivity index (χ0) is 21.2. The highest BCUT2D eigenvalue weighted by Crippen LogP contribution is 2.37. The second kappa shape index (κ2) is 8.34. The van der Waals surface area contributed by atoms with Crippen molar-refractivity contribution in [3.8, 4) is 34.5 Å². The average molecular weight is 448 g/mol. The molecule has 0 saturated heterocycles. The Kier molecular flexibility index (Phi) is 5.24. The van der Waals surface area contributed by atoms with Crippen LogP contribution >= 0.6 is 23.2 Å². The number of halogens is 2. The molecule has 0 aliphatic carbocycles. The van der Waals surface area contributed by atoms with Crippen LogP contribution in [0.5, 0.6) is 23.0 Å². The molecule has 5 aromatic rings. The van der Waals surface area contributed by atoms with Gasteiger partial charge in [-0.1, -0.05) is 41.4 Å². The van der Waals surface area contributed by atoms with E-state index < -0.39 is 0 Å². The van der Waals surface area contributed by atoms with Crippen molar-refractivity contribution in [2.75, 3.05) is 0 Å². The number of hydrogen-bond acceptors (Lipinski definition) is 4. The second-order valence-corrected chi connectivity index (χ2v) is 7.63. The Balaban J connectivity index is 1.48. The van der Waals surface area contributed by atoms with E-state index in [1.807, 2.05) is 66.7 Å². The Morgan fingerprint density at radius 1 is 0.645 bits per heavy atom. The van der Waals surface area contributed by atoms with Crippen molar-refractivity contribution in [2.24, 2.45) is 0 Å². The van der Waals surface area contributed by atoms with E-state index >= 15 is 0 Å². The molecule has 5 rings (SSSR count). The van der Waals surface area contributed by atoms with E-state index in [2.05, 4.69) is 4.98 Å². The van der Waals surface area contributed by atoms with Gasteiger partial charge in [-0.25, -0.2) is 4.98 Å². The topological polar surface area (TPSA) is 44.5 Å². The third kappa shape index (κ3) is 4.36. The highest BCUT2D eigenvalue weighted by Gasteiger charge is 2.15. The quantitative estimate of drug-likeness (QED) is 0.271. The van der Waals surface area contributed by atoms with Gasteiger partial charge < -0.3 is 13.9 Å². The minimum absolute atomic E-state index is 0.432. The first-order chi connectivity index (χ1) is 15.1. The fourth-order valence-electron chi connectivity index (χ4n) is 3.10. The molecular weight excluding hydrogens is 433 g/mol. The Bertz CT molecular complexity index is 1350. The number of hydrogen-bond donors (Lipinski definition) is 0. The molecule has 0 fully saturated rings. The van der Waals surface area contributed by atoms with Crippen molar-refractivity contribution in [3.63, 3.8) is 0 Å². The summed E-state index contributed by atoms with van der Waals surface area (Å²) in [7, 11) is 0. The number of ether oxygens (including phenoxy) is 2. The molecule has 6 heteroatoms. The fourth-order valence-corrected chi connectivity index (χ4v) is 3.39. The molecule has 4 aromatic carbocycles. The number of nitrogens with zero attached hydrogens (tertiary/aromatic N) is 1. The predicted molar refractivity (Wildman–Crippen MR) is 122 cm³/mol. The van der Waals surface area contributed by atoms with Crippen molar-refractivity contribution in [2.45, 2.75) is 0 Å². The third-order valence-corrected chi connectivity index (χ3v) is 5.04. The van der Waals surface area contributed by atoms with E-state index in [4.69, 9.17) is 37.1 Å². The lowest BCUT2D eigenvalue weighted by Crippen LogP contribution is -1.88. The summed E-state index contributed by atoms with van der Waals surface area (Å²) >= 11 is 12.1. The van der Waals surface area contributed by atoms with Crippen LogP contribution in [0.2, 0.25) is 10.0 Å². The van der Waals surface area contributed by atoms with E-state index in [1.54, 1.807) is 24.3 Å². The highest BCUT2D eigenvalue weighted by molar-refractivity contribution is 6.31. The van der Waals surface area contributed by atoms with Gasteiger partial charge in [0.25, 0.3) is 0 Å². The van der Waals surface area contributed by atoms with Crippen LogP contribution in [0.25, 0.3) is 22.6 Å². The molecule has 0 aliphatic rings. The fraction of sp³-hybridized carbons (Fsp3) is 0. The number of para-hydroxylation sites is 1. The summed E-state index contributed by atoms with van der Waals surface area (Å²) in [4.78, 5) is 4.64. The maximum atomic E-state index is 6.20. The molecule has 1 aromatic heterocycles. The van der Waals surface area contributed by atoms with Crippen LogP contribution in [0.15, 0.2) is 95.4 Å². The molecule has 0 N–H and O–H groups in total. The summed E-state index contributed by atoms with van der Waals surface area (Å²) in [5.41, 5.74) is 2.01. The van der Waals surface area contributed by atoms with Gasteiger partial charge in [0.05, 0.1) is 5.56 Å². The Morgan fingerprint density at radius 3 is 2.16 bits per heavy atom. The van der Waals surface area contributed by atoms with Gasteiger partial charge in [0.15, 0.2) is 5.58 Å². The Labute approximate surface area is 188 Å². The minimum atomic E-state index is 0.432. The number of oxazole rings is 1. The summed E-state index contributed by atoms with van der Waals surface area (Å²) in [6, 6.07) is 27.5. The monoisotopic (exact) mass is 447 g/mol. The van der Waals surface area contributed by atoms with E-state index in [0.29, 0.717) is 55.6 Å². The molecule has 0 saturated carbocycles. The SMILES string of the molecule is Clc1ccc(Oc2ccc3oc(-c4ccc(Cl)cc4Oc4ccccc4)nc3c2)cc1. The first kappa shape index (κ1) is 19.5. The zero-order valence-corrected chi connectivity index (χ0v) is 17.6. The minimum Gasteiger partial charge on any atom is -0.457 e. The first-order valence-electron chi connectivity index (χ1n) is 9.51.